The van der Waals surface area contributed by atoms with Gasteiger partial charge >= 0.3 is 5.97 Å². The number of esters is 1. The Morgan fingerprint density at radius 2 is 2.17 bits per heavy atom. The van der Waals surface area contributed by atoms with Crippen LogP contribution >= 0.6 is 0 Å². The van der Waals surface area contributed by atoms with E-state index in [2.05, 4.69) is 0 Å². The Bertz CT molecular complexity index is 604. The normalized spacial score (nSPS) is 17.3. The fourth-order valence-corrected chi connectivity index (χ4v) is 2.45. The van der Waals surface area contributed by atoms with E-state index < -0.39 is 0 Å². The van der Waals surface area contributed by atoms with Crippen LogP contribution in [-0.2, 0) is 9.53 Å². The van der Waals surface area contributed by atoms with Crippen molar-refractivity contribution < 1.29 is 14.3 Å². The Morgan fingerprint density at radius 1 is 1.33 bits per heavy atom. The molecule has 0 radical (unpaired) electrons. The lowest BCUT2D eigenvalue weighted by molar-refractivity contribution is -0.145. The molecule has 1 aliphatic rings. The smallest absolute Gasteiger partial charge is 0.317 e. The molecule has 0 aromatic heterocycles. The van der Waals surface area contributed by atoms with Gasteiger partial charge in [-0.05, 0) is 23.8 Å². The second kappa shape index (κ2) is 4.33. The highest BCUT2D eigenvalue weighted by Gasteiger charge is 2.33. The zero-order valence-corrected chi connectivity index (χ0v) is 10.2. The maximum absolute atomic E-state index is 11.9. The van der Waals surface area contributed by atoms with Crippen LogP contribution in [-0.4, -0.2) is 19.2 Å². The largest absolute Gasteiger partial charge is 0.492 e. The lowest BCUT2D eigenvalue weighted by Crippen LogP contribution is -2.17. The first kappa shape index (κ1) is 11.1. The van der Waals surface area contributed by atoms with E-state index in [0.29, 0.717) is 13.2 Å². The third-order valence-corrected chi connectivity index (χ3v) is 3.26. The molecule has 3 heteroatoms. The van der Waals surface area contributed by atoms with Gasteiger partial charge in [-0.3, -0.25) is 4.79 Å². The number of rotatable bonds is 2. The van der Waals surface area contributed by atoms with Gasteiger partial charge in [-0.2, -0.15) is 0 Å². The molecule has 92 valence electrons. The van der Waals surface area contributed by atoms with Crippen molar-refractivity contribution in [3.63, 3.8) is 0 Å². The fraction of sp³-hybridized carbons (Fsp3) is 0.267. The summed E-state index contributed by atoms with van der Waals surface area (Å²) in [5, 5.41) is 2.20. The molecule has 3 nitrogen and oxygen atoms in total. The molecule has 0 saturated heterocycles. The Labute approximate surface area is 105 Å². The van der Waals surface area contributed by atoms with Crippen LogP contribution in [0.25, 0.3) is 10.8 Å². The molecule has 0 aliphatic carbocycles. The summed E-state index contributed by atoms with van der Waals surface area (Å²) in [6, 6.07) is 12.0. The van der Waals surface area contributed by atoms with Crippen LogP contribution in [0.3, 0.4) is 0 Å². The summed E-state index contributed by atoms with van der Waals surface area (Å²) in [7, 11) is 0. The lowest BCUT2D eigenvalue weighted by Gasteiger charge is -2.10. The average molecular weight is 242 g/mol. The molecular formula is C15H14O3. The van der Waals surface area contributed by atoms with Crippen LogP contribution in [0.4, 0.5) is 0 Å². The lowest BCUT2D eigenvalue weighted by atomic mass is 9.95. The second-order valence-corrected chi connectivity index (χ2v) is 4.31. The number of hydrogen-bond acceptors (Lipinski definition) is 3. The zero-order valence-electron chi connectivity index (χ0n) is 10.2. The molecule has 0 saturated carbocycles. The first-order valence-corrected chi connectivity index (χ1v) is 6.12. The highest BCUT2D eigenvalue weighted by atomic mass is 16.5. The highest BCUT2D eigenvalue weighted by molar-refractivity contribution is 5.94. The molecule has 1 unspecified atom stereocenters. The summed E-state index contributed by atoms with van der Waals surface area (Å²) in [6.07, 6.45) is 0. The van der Waals surface area contributed by atoms with Crippen molar-refractivity contribution in [3.8, 4) is 5.75 Å². The van der Waals surface area contributed by atoms with Gasteiger partial charge in [0, 0.05) is 5.56 Å². The quantitative estimate of drug-likeness (QED) is 0.760. The van der Waals surface area contributed by atoms with Gasteiger partial charge in [0.1, 0.15) is 18.3 Å². The summed E-state index contributed by atoms with van der Waals surface area (Å²) >= 11 is 0. The van der Waals surface area contributed by atoms with E-state index in [0.717, 1.165) is 22.1 Å². The molecule has 0 bridgehead atoms. The van der Waals surface area contributed by atoms with E-state index in [1.165, 1.54) is 0 Å². The van der Waals surface area contributed by atoms with Crippen LogP contribution in [0.5, 0.6) is 5.75 Å². The van der Waals surface area contributed by atoms with Crippen LogP contribution in [0.2, 0.25) is 0 Å². The Balaban J connectivity index is 2.14. The molecule has 0 amide bonds. The minimum Gasteiger partial charge on any atom is -0.492 e. The van der Waals surface area contributed by atoms with Gasteiger partial charge in [0.15, 0.2) is 0 Å². The SMILES string of the molecule is CCOC(=O)C1COc2ccc3ccccc3c21. The summed E-state index contributed by atoms with van der Waals surface area (Å²) in [5.74, 6) is 0.297. The van der Waals surface area contributed by atoms with Crippen molar-refractivity contribution in [3.05, 3.63) is 42.0 Å². The van der Waals surface area contributed by atoms with Gasteiger partial charge in [0.2, 0.25) is 0 Å². The molecule has 2 aromatic carbocycles. The molecule has 0 fully saturated rings. The third-order valence-electron chi connectivity index (χ3n) is 3.26. The monoisotopic (exact) mass is 242 g/mol. The summed E-state index contributed by atoms with van der Waals surface area (Å²) in [5.41, 5.74) is 0.964. The van der Waals surface area contributed by atoms with Gasteiger partial charge in [0.25, 0.3) is 0 Å². The molecular weight excluding hydrogens is 228 g/mol. The van der Waals surface area contributed by atoms with Crippen molar-refractivity contribution in [1.29, 1.82) is 0 Å². The summed E-state index contributed by atoms with van der Waals surface area (Å²) in [6.45, 7) is 2.59. The molecule has 3 rings (SSSR count). The van der Waals surface area contributed by atoms with Crippen molar-refractivity contribution in [1.82, 2.24) is 0 Å². The van der Waals surface area contributed by atoms with Gasteiger partial charge in [0.05, 0.1) is 6.61 Å². The number of benzene rings is 2. The molecule has 0 N–H and O–H groups in total. The standard InChI is InChI=1S/C15H14O3/c1-2-17-15(16)12-9-18-13-8-7-10-5-3-4-6-11(10)14(12)13/h3-8,12H,2,9H2,1H3. The third kappa shape index (κ3) is 1.63. The number of fused-ring (bicyclic) bond motifs is 3. The van der Waals surface area contributed by atoms with Gasteiger partial charge in [-0.15, -0.1) is 0 Å². The topological polar surface area (TPSA) is 35.5 Å². The van der Waals surface area contributed by atoms with Crippen molar-refractivity contribution >= 4 is 16.7 Å². The van der Waals surface area contributed by atoms with Crippen LogP contribution in [0, 0.1) is 0 Å². The first-order chi connectivity index (χ1) is 8.81. The van der Waals surface area contributed by atoms with Crippen LogP contribution in [0.15, 0.2) is 36.4 Å². The average Bonchev–Trinajstić information content (AvgIpc) is 2.83. The maximum atomic E-state index is 11.9. The predicted molar refractivity (Wildman–Crippen MR) is 68.8 cm³/mol. The van der Waals surface area contributed by atoms with Gasteiger partial charge in [-0.1, -0.05) is 30.3 Å². The van der Waals surface area contributed by atoms with Crippen molar-refractivity contribution in [2.75, 3.05) is 13.2 Å². The molecule has 1 aliphatic heterocycles. The van der Waals surface area contributed by atoms with Crippen molar-refractivity contribution in [2.45, 2.75) is 12.8 Å². The molecule has 1 atom stereocenters. The molecule has 1 heterocycles. The minimum absolute atomic E-state index is 0.201. The van der Waals surface area contributed by atoms with E-state index in [4.69, 9.17) is 9.47 Å². The maximum Gasteiger partial charge on any atom is 0.317 e. The van der Waals surface area contributed by atoms with E-state index in [9.17, 15) is 4.79 Å². The van der Waals surface area contributed by atoms with Gasteiger partial charge in [-0.25, -0.2) is 0 Å². The van der Waals surface area contributed by atoms with Gasteiger partial charge < -0.3 is 9.47 Å². The van der Waals surface area contributed by atoms with E-state index in [-0.39, 0.29) is 11.9 Å². The number of ether oxygens (including phenoxy) is 2. The highest BCUT2D eigenvalue weighted by Crippen LogP contribution is 2.39. The number of carbonyl (C=O) groups is 1. The second-order valence-electron chi connectivity index (χ2n) is 4.31. The van der Waals surface area contributed by atoms with Crippen LogP contribution < -0.4 is 4.74 Å². The Morgan fingerprint density at radius 3 is 3.00 bits per heavy atom. The molecule has 2 aromatic rings. The van der Waals surface area contributed by atoms with E-state index in [1.807, 2.05) is 43.3 Å². The van der Waals surface area contributed by atoms with Crippen LogP contribution in [0.1, 0.15) is 18.4 Å². The summed E-state index contributed by atoms with van der Waals surface area (Å²) < 4.78 is 10.7. The fourth-order valence-electron chi connectivity index (χ4n) is 2.45. The molecule has 0 spiro atoms. The summed E-state index contributed by atoms with van der Waals surface area (Å²) in [4.78, 5) is 11.9. The van der Waals surface area contributed by atoms with Crippen molar-refractivity contribution in [2.24, 2.45) is 0 Å². The number of hydrogen-bond donors (Lipinski definition) is 0. The molecule has 18 heavy (non-hydrogen) atoms. The zero-order chi connectivity index (χ0) is 12.5. The van der Waals surface area contributed by atoms with E-state index >= 15 is 0 Å². The minimum atomic E-state index is -0.300. The first-order valence-electron chi connectivity index (χ1n) is 6.12. The Hall–Kier alpha value is -2.03. The number of carbonyl (C=O) groups excluding carboxylic acids is 1. The van der Waals surface area contributed by atoms with E-state index in [1.54, 1.807) is 0 Å². The Kier molecular flexibility index (Phi) is 2.67. The predicted octanol–water partition coefficient (Wildman–Crippen LogP) is 2.88.